The molecule has 146 valence electrons. The summed E-state index contributed by atoms with van der Waals surface area (Å²) in [5, 5.41) is 0.0581. The molecule has 3 atom stereocenters. The van der Waals surface area contributed by atoms with Crippen molar-refractivity contribution in [3.05, 3.63) is 0 Å². The first-order valence-corrected chi connectivity index (χ1v) is 12.1. The van der Waals surface area contributed by atoms with Crippen LogP contribution in [0.25, 0.3) is 0 Å². The van der Waals surface area contributed by atoms with Crippen molar-refractivity contribution in [3.63, 3.8) is 0 Å². The highest BCUT2D eigenvalue weighted by molar-refractivity contribution is 6.74. The summed E-state index contributed by atoms with van der Waals surface area (Å²) in [7, 11) is -0.670. The van der Waals surface area contributed by atoms with Crippen molar-refractivity contribution in [2.75, 3.05) is 13.7 Å². The largest absolute Gasteiger partial charge is 0.467 e. The van der Waals surface area contributed by atoms with Gasteiger partial charge in [0.25, 0.3) is 0 Å². The quantitative estimate of drug-likeness (QED) is 0.401. The molecule has 0 N–H and O–H groups in total. The topological polar surface area (TPSA) is 65.1 Å². The molecule has 1 saturated heterocycles. The summed E-state index contributed by atoms with van der Waals surface area (Å²) in [6.45, 7) is 15.2. The predicted octanol–water partition coefficient (Wildman–Crippen LogP) is 3.95. The van der Waals surface area contributed by atoms with Crippen LogP contribution >= 0.6 is 0 Å². The second-order valence-corrected chi connectivity index (χ2v) is 13.1. The minimum atomic E-state index is -2.01. The normalized spacial score (nSPS) is 24.3. The van der Waals surface area contributed by atoms with Gasteiger partial charge in [-0.3, -0.25) is 4.90 Å². The third-order valence-electron chi connectivity index (χ3n) is 5.43. The molecule has 1 amide bonds. The summed E-state index contributed by atoms with van der Waals surface area (Å²) < 4.78 is 16.7. The third kappa shape index (κ3) is 5.20. The second-order valence-electron chi connectivity index (χ2n) is 8.31. The fourth-order valence-electron chi connectivity index (χ4n) is 2.71. The van der Waals surface area contributed by atoms with Crippen molar-refractivity contribution >= 4 is 20.4 Å². The number of ether oxygens (including phenoxy) is 2. The molecule has 1 heterocycles. The lowest BCUT2D eigenvalue weighted by molar-refractivity contribution is -0.145. The van der Waals surface area contributed by atoms with Gasteiger partial charge < -0.3 is 13.9 Å². The van der Waals surface area contributed by atoms with E-state index in [1.165, 1.54) is 12.0 Å². The van der Waals surface area contributed by atoms with Gasteiger partial charge in [0, 0.05) is 6.42 Å². The van der Waals surface area contributed by atoms with Crippen LogP contribution in [0, 0.1) is 0 Å². The second kappa shape index (κ2) is 8.53. The standard InChI is InChI=1S/C18H35NO5Si/c1-9-10-11-23-17(21)19-13(2)15(12-14(19)16(20)22-6)24-25(7,8)18(3,4)5/h13-15H,9-12H2,1-8H3/t13-,14-,15-/m0/s1. The molecule has 1 rings (SSSR count). The van der Waals surface area contributed by atoms with Crippen molar-refractivity contribution in [2.24, 2.45) is 0 Å². The number of amides is 1. The molecule has 0 aromatic carbocycles. The molecule has 0 aromatic heterocycles. The highest BCUT2D eigenvalue weighted by Crippen LogP contribution is 2.40. The zero-order valence-electron chi connectivity index (χ0n) is 17.0. The average Bonchev–Trinajstić information content (AvgIpc) is 2.82. The number of carbonyl (C=O) groups excluding carboxylic acids is 2. The van der Waals surface area contributed by atoms with E-state index in [1.807, 2.05) is 13.8 Å². The highest BCUT2D eigenvalue weighted by Gasteiger charge is 2.50. The van der Waals surface area contributed by atoms with Crippen LogP contribution in [0.15, 0.2) is 0 Å². The number of esters is 1. The van der Waals surface area contributed by atoms with E-state index in [4.69, 9.17) is 13.9 Å². The summed E-state index contributed by atoms with van der Waals surface area (Å²) in [4.78, 5) is 26.2. The summed E-state index contributed by atoms with van der Waals surface area (Å²) in [6.07, 6.45) is 1.55. The van der Waals surface area contributed by atoms with Gasteiger partial charge in [0.15, 0.2) is 8.32 Å². The SMILES string of the molecule is CCCCOC(=O)N1[C@H](C(=O)OC)C[C@H](O[Si](C)(C)C(C)(C)C)[C@@H]1C. The van der Waals surface area contributed by atoms with Crippen LogP contribution in [-0.2, 0) is 18.7 Å². The Bertz CT molecular complexity index is 475. The Labute approximate surface area is 153 Å². The van der Waals surface area contributed by atoms with Gasteiger partial charge in [-0.25, -0.2) is 9.59 Å². The summed E-state index contributed by atoms with van der Waals surface area (Å²) in [5.41, 5.74) is 0. The van der Waals surface area contributed by atoms with E-state index in [2.05, 4.69) is 33.9 Å². The molecule has 0 aromatic rings. The van der Waals surface area contributed by atoms with Gasteiger partial charge in [-0.05, 0) is 31.5 Å². The van der Waals surface area contributed by atoms with Crippen molar-refractivity contribution in [1.82, 2.24) is 4.90 Å². The Kier molecular flexibility index (Phi) is 7.50. The highest BCUT2D eigenvalue weighted by atomic mass is 28.4. The maximum atomic E-state index is 12.5. The first-order chi connectivity index (χ1) is 11.5. The Morgan fingerprint density at radius 2 is 1.84 bits per heavy atom. The average molecular weight is 374 g/mol. The van der Waals surface area contributed by atoms with E-state index < -0.39 is 26.4 Å². The number of methoxy groups -OCH3 is 1. The minimum Gasteiger partial charge on any atom is -0.467 e. The van der Waals surface area contributed by atoms with Crippen molar-refractivity contribution in [1.29, 1.82) is 0 Å². The first kappa shape index (κ1) is 22.0. The van der Waals surface area contributed by atoms with Gasteiger partial charge in [0.05, 0.1) is 25.9 Å². The van der Waals surface area contributed by atoms with Crippen molar-refractivity contribution in [3.8, 4) is 0 Å². The van der Waals surface area contributed by atoms with E-state index in [1.54, 1.807) is 0 Å². The van der Waals surface area contributed by atoms with Crippen molar-refractivity contribution < 1.29 is 23.5 Å². The predicted molar refractivity (Wildman–Crippen MR) is 100 cm³/mol. The number of unbranched alkanes of at least 4 members (excludes halogenated alkanes) is 1. The molecule has 7 heteroatoms. The van der Waals surface area contributed by atoms with Crippen LogP contribution in [0.3, 0.4) is 0 Å². The summed E-state index contributed by atoms with van der Waals surface area (Å²) in [5.74, 6) is -0.416. The molecular formula is C18H35NO5Si. The number of rotatable bonds is 6. The van der Waals surface area contributed by atoms with Crippen molar-refractivity contribution in [2.45, 2.75) is 90.2 Å². The lowest BCUT2D eigenvalue weighted by Gasteiger charge is -2.39. The van der Waals surface area contributed by atoms with Crippen LogP contribution in [0.1, 0.15) is 53.9 Å². The maximum absolute atomic E-state index is 12.5. The monoisotopic (exact) mass is 373 g/mol. The molecule has 1 aliphatic heterocycles. The molecular weight excluding hydrogens is 338 g/mol. The van der Waals surface area contributed by atoms with Crippen LogP contribution in [-0.4, -0.2) is 57.2 Å². The number of carbonyl (C=O) groups is 2. The molecule has 0 spiro atoms. The van der Waals surface area contributed by atoms with Crippen LogP contribution in [0.2, 0.25) is 18.1 Å². The third-order valence-corrected chi connectivity index (χ3v) is 9.93. The van der Waals surface area contributed by atoms with Crippen LogP contribution in [0.5, 0.6) is 0 Å². The molecule has 0 radical (unpaired) electrons. The molecule has 0 unspecified atom stereocenters. The van der Waals surface area contributed by atoms with Gasteiger partial charge in [-0.15, -0.1) is 0 Å². The lowest BCUT2D eigenvalue weighted by Crippen LogP contribution is -2.48. The van der Waals surface area contributed by atoms with Crippen LogP contribution in [0.4, 0.5) is 4.79 Å². The number of hydrogen-bond acceptors (Lipinski definition) is 5. The molecule has 0 saturated carbocycles. The van der Waals surface area contributed by atoms with Gasteiger partial charge in [0.2, 0.25) is 0 Å². The molecule has 25 heavy (non-hydrogen) atoms. The first-order valence-electron chi connectivity index (χ1n) is 9.17. The maximum Gasteiger partial charge on any atom is 0.410 e. The zero-order valence-corrected chi connectivity index (χ0v) is 18.0. The lowest BCUT2D eigenvalue weighted by atomic mass is 10.1. The van der Waals surface area contributed by atoms with Gasteiger partial charge in [-0.1, -0.05) is 34.1 Å². The van der Waals surface area contributed by atoms with Gasteiger partial charge in [0.1, 0.15) is 6.04 Å². The minimum absolute atomic E-state index is 0.0581. The van der Waals surface area contributed by atoms with E-state index in [0.717, 1.165) is 12.8 Å². The van der Waals surface area contributed by atoms with E-state index in [0.29, 0.717) is 13.0 Å². The summed E-state index contributed by atoms with van der Waals surface area (Å²) in [6, 6.07) is -0.878. The number of likely N-dealkylation sites (tertiary alicyclic amines) is 1. The fourth-order valence-corrected chi connectivity index (χ4v) is 4.12. The molecule has 1 fully saturated rings. The molecule has 0 bridgehead atoms. The molecule has 1 aliphatic rings. The Hall–Kier alpha value is -1.08. The summed E-state index contributed by atoms with van der Waals surface area (Å²) >= 11 is 0. The van der Waals surface area contributed by atoms with E-state index in [-0.39, 0.29) is 17.2 Å². The number of hydrogen-bond donors (Lipinski definition) is 0. The number of nitrogens with zero attached hydrogens (tertiary/aromatic N) is 1. The smallest absolute Gasteiger partial charge is 0.410 e. The molecule has 6 nitrogen and oxygen atoms in total. The Morgan fingerprint density at radius 3 is 2.32 bits per heavy atom. The Balaban J connectivity index is 2.95. The Morgan fingerprint density at radius 1 is 1.24 bits per heavy atom. The van der Waals surface area contributed by atoms with Gasteiger partial charge in [-0.2, -0.15) is 0 Å². The fraction of sp³-hybridized carbons (Fsp3) is 0.889. The van der Waals surface area contributed by atoms with E-state index >= 15 is 0 Å². The zero-order chi connectivity index (χ0) is 19.4. The van der Waals surface area contributed by atoms with E-state index in [9.17, 15) is 9.59 Å². The molecule has 0 aliphatic carbocycles. The van der Waals surface area contributed by atoms with Gasteiger partial charge >= 0.3 is 12.1 Å². The van der Waals surface area contributed by atoms with Crippen LogP contribution < -0.4 is 0 Å².